The normalized spacial score (nSPS) is 10.8. The van der Waals surface area contributed by atoms with Crippen LogP contribution in [0.25, 0.3) is 0 Å². The first-order valence-corrected chi connectivity index (χ1v) is 11.6. The predicted octanol–water partition coefficient (Wildman–Crippen LogP) is 6.92. The number of carbonyl (C=O) groups is 1. The number of ether oxygens (including phenoxy) is 2. The molecule has 4 rings (SSSR count). The van der Waals surface area contributed by atoms with E-state index < -0.39 is 5.91 Å². The zero-order valence-electron chi connectivity index (χ0n) is 18.7. The molecule has 0 saturated heterocycles. The minimum Gasteiger partial charge on any atom is -0.488 e. The summed E-state index contributed by atoms with van der Waals surface area (Å²) in [5, 5.41) is 5.40. The number of hydrazone groups is 1. The Labute approximate surface area is 213 Å². The molecule has 0 radical (unpaired) electrons. The fraction of sp³-hybridized carbons (Fsp3) is 0.0714. The lowest BCUT2D eigenvalue weighted by Gasteiger charge is -2.11. The molecule has 35 heavy (non-hydrogen) atoms. The Hall–Kier alpha value is -3.80. The van der Waals surface area contributed by atoms with Gasteiger partial charge in [-0.15, -0.1) is 0 Å². The molecule has 1 amide bonds. The van der Waals surface area contributed by atoms with Crippen LogP contribution in [0.4, 0.5) is 0 Å². The van der Waals surface area contributed by atoms with Crippen LogP contribution >= 0.6 is 23.2 Å². The Morgan fingerprint density at radius 3 is 2.23 bits per heavy atom. The maximum Gasteiger partial charge on any atom is 0.275 e. The van der Waals surface area contributed by atoms with E-state index >= 15 is 0 Å². The SMILES string of the molecule is O=C(N/N=C\c1ccccc1OCc1ccc(Cl)cc1)c1ccccc1OCc1ccccc1Cl. The summed E-state index contributed by atoms with van der Waals surface area (Å²) in [5.41, 5.74) is 5.47. The van der Waals surface area contributed by atoms with Crippen molar-refractivity contribution in [2.24, 2.45) is 5.10 Å². The van der Waals surface area contributed by atoms with Crippen molar-refractivity contribution in [3.8, 4) is 11.5 Å². The third-order valence-electron chi connectivity index (χ3n) is 5.07. The topological polar surface area (TPSA) is 59.9 Å². The third-order valence-corrected chi connectivity index (χ3v) is 5.69. The van der Waals surface area contributed by atoms with E-state index in [1.165, 1.54) is 0 Å². The second-order valence-electron chi connectivity index (χ2n) is 7.53. The van der Waals surface area contributed by atoms with Gasteiger partial charge in [-0.25, -0.2) is 5.43 Å². The van der Waals surface area contributed by atoms with Crippen molar-refractivity contribution in [1.29, 1.82) is 0 Å². The number of benzene rings is 4. The average Bonchev–Trinajstić information content (AvgIpc) is 2.88. The van der Waals surface area contributed by atoms with Crippen LogP contribution in [0, 0.1) is 0 Å². The standard InChI is InChI=1S/C28H22Cl2N2O3/c29-23-15-13-20(14-16-23)18-34-26-11-5-2-7-21(26)17-31-32-28(33)24-9-3-6-12-27(24)35-19-22-8-1-4-10-25(22)30/h1-17H,18-19H2,(H,32,33)/b31-17-. The quantitative estimate of drug-likeness (QED) is 0.199. The summed E-state index contributed by atoms with van der Waals surface area (Å²) in [6.45, 7) is 0.621. The van der Waals surface area contributed by atoms with E-state index in [4.69, 9.17) is 32.7 Å². The van der Waals surface area contributed by atoms with Gasteiger partial charge in [0.15, 0.2) is 0 Å². The maximum absolute atomic E-state index is 12.8. The van der Waals surface area contributed by atoms with Gasteiger partial charge in [0.1, 0.15) is 24.7 Å². The molecule has 0 unspecified atom stereocenters. The highest BCUT2D eigenvalue weighted by molar-refractivity contribution is 6.31. The first-order chi connectivity index (χ1) is 17.1. The van der Waals surface area contributed by atoms with Gasteiger partial charge in [-0.1, -0.05) is 77.8 Å². The summed E-state index contributed by atoms with van der Waals surface area (Å²) in [6, 6.07) is 29.3. The molecule has 0 aliphatic heterocycles. The van der Waals surface area contributed by atoms with E-state index in [0.29, 0.717) is 33.7 Å². The molecule has 0 saturated carbocycles. The Balaban J connectivity index is 1.39. The first kappa shape index (κ1) is 24.3. The van der Waals surface area contributed by atoms with Crippen LogP contribution in [-0.2, 0) is 13.2 Å². The summed E-state index contributed by atoms with van der Waals surface area (Å²) in [7, 11) is 0. The largest absolute Gasteiger partial charge is 0.488 e. The third kappa shape index (κ3) is 6.85. The molecule has 0 aliphatic carbocycles. The molecule has 0 heterocycles. The Kier molecular flexibility index (Phi) is 8.39. The number of carbonyl (C=O) groups excluding carboxylic acids is 1. The molecule has 0 aromatic heterocycles. The molecule has 0 bridgehead atoms. The van der Waals surface area contributed by atoms with E-state index in [2.05, 4.69) is 10.5 Å². The fourth-order valence-electron chi connectivity index (χ4n) is 3.23. The van der Waals surface area contributed by atoms with Crippen molar-refractivity contribution in [1.82, 2.24) is 5.43 Å². The Morgan fingerprint density at radius 1 is 0.771 bits per heavy atom. The van der Waals surface area contributed by atoms with Gasteiger partial charge in [0, 0.05) is 21.2 Å². The zero-order chi connectivity index (χ0) is 24.5. The van der Waals surface area contributed by atoms with Gasteiger partial charge in [0.25, 0.3) is 5.91 Å². The smallest absolute Gasteiger partial charge is 0.275 e. The van der Waals surface area contributed by atoms with Crippen LogP contribution in [0.1, 0.15) is 27.0 Å². The molecule has 4 aromatic carbocycles. The van der Waals surface area contributed by atoms with Gasteiger partial charge in [-0.3, -0.25) is 4.79 Å². The highest BCUT2D eigenvalue weighted by Gasteiger charge is 2.12. The summed E-state index contributed by atoms with van der Waals surface area (Å²) < 4.78 is 11.8. The van der Waals surface area contributed by atoms with Crippen molar-refractivity contribution in [2.75, 3.05) is 0 Å². The molecule has 0 spiro atoms. The van der Waals surface area contributed by atoms with Gasteiger partial charge >= 0.3 is 0 Å². The average molecular weight is 505 g/mol. The van der Waals surface area contributed by atoms with Gasteiger partial charge in [0.05, 0.1) is 11.8 Å². The fourth-order valence-corrected chi connectivity index (χ4v) is 3.55. The molecule has 7 heteroatoms. The molecule has 0 atom stereocenters. The van der Waals surface area contributed by atoms with Crippen LogP contribution in [0.2, 0.25) is 10.0 Å². The van der Waals surface area contributed by atoms with Crippen LogP contribution in [0.5, 0.6) is 11.5 Å². The van der Waals surface area contributed by atoms with Gasteiger partial charge < -0.3 is 9.47 Å². The van der Waals surface area contributed by atoms with Crippen molar-refractivity contribution < 1.29 is 14.3 Å². The number of halogens is 2. The summed E-state index contributed by atoms with van der Waals surface area (Å²) in [6.07, 6.45) is 1.54. The lowest BCUT2D eigenvalue weighted by Crippen LogP contribution is -2.18. The molecule has 0 fully saturated rings. The number of nitrogens with zero attached hydrogens (tertiary/aromatic N) is 1. The number of amides is 1. The lowest BCUT2D eigenvalue weighted by molar-refractivity contribution is 0.0950. The molecule has 0 aliphatic rings. The van der Waals surface area contributed by atoms with E-state index in [0.717, 1.165) is 16.7 Å². The highest BCUT2D eigenvalue weighted by Crippen LogP contribution is 2.22. The number of hydrogen-bond donors (Lipinski definition) is 1. The minimum atomic E-state index is -0.393. The van der Waals surface area contributed by atoms with Crippen LogP contribution in [-0.4, -0.2) is 12.1 Å². The highest BCUT2D eigenvalue weighted by atomic mass is 35.5. The van der Waals surface area contributed by atoms with E-state index in [9.17, 15) is 4.79 Å². The molecule has 176 valence electrons. The van der Waals surface area contributed by atoms with Crippen LogP contribution < -0.4 is 14.9 Å². The molecule has 4 aromatic rings. The molecular formula is C28H22Cl2N2O3. The number of rotatable bonds is 9. The van der Waals surface area contributed by atoms with Crippen molar-refractivity contribution in [2.45, 2.75) is 13.2 Å². The van der Waals surface area contributed by atoms with Crippen molar-refractivity contribution in [3.05, 3.63) is 129 Å². The van der Waals surface area contributed by atoms with E-state index in [-0.39, 0.29) is 6.61 Å². The Bertz CT molecular complexity index is 1320. The minimum absolute atomic E-state index is 0.242. The summed E-state index contributed by atoms with van der Waals surface area (Å²) >= 11 is 12.1. The maximum atomic E-state index is 12.8. The van der Waals surface area contributed by atoms with Crippen LogP contribution in [0.3, 0.4) is 0 Å². The lowest BCUT2D eigenvalue weighted by atomic mass is 10.2. The van der Waals surface area contributed by atoms with Gasteiger partial charge in [0.2, 0.25) is 0 Å². The van der Waals surface area contributed by atoms with E-state index in [1.54, 1.807) is 36.5 Å². The van der Waals surface area contributed by atoms with Crippen LogP contribution in [0.15, 0.2) is 102 Å². The zero-order valence-corrected chi connectivity index (χ0v) is 20.2. The first-order valence-electron chi connectivity index (χ1n) is 10.8. The van der Waals surface area contributed by atoms with E-state index in [1.807, 2.05) is 66.7 Å². The second kappa shape index (κ2) is 12.1. The number of hydrogen-bond acceptors (Lipinski definition) is 4. The number of nitrogens with one attached hydrogen (secondary N) is 1. The van der Waals surface area contributed by atoms with Crippen molar-refractivity contribution >= 4 is 35.3 Å². The van der Waals surface area contributed by atoms with Gasteiger partial charge in [-0.05, 0) is 48.0 Å². The van der Waals surface area contributed by atoms with Crippen molar-refractivity contribution in [3.63, 3.8) is 0 Å². The molecule has 1 N–H and O–H groups in total. The summed E-state index contributed by atoms with van der Waals surface area (Å²) in [5.74, 6) is 0.686. The Morgan fingerprint density at radius 2 is 1.43 bits per heavy atom. The predicted molar refractivity (Wildman–Crippen MR) is 140 cm³/mol. The second-order valence-corrected chi connectivity index (χ2v) is 8.37. The monoisotopic (exact) mass is 504 g/mol. The summed E-state index contributed by atoms with van der Waals surface area (Å²) in [4.78, 5) is 12.8. The molecule has 5 nitrogen and oxygen atoms in total. The number of para-hydroxylation sites is 2. The van der Waals surface area contributed by atoms with Gasteiger partial charge in [-0.2, -0.15) is 5.10 Å². The molecular weight excluding hydrogens is 483 g/mol.